The Hall–Kier alpha value is -2.56. The van der Waals surface area contributed by atoms with Crippen LogP contribution in [0, 0.1) is 0 Å². The number of rotatable bonds is 5. The summed E-state index contributed by atoms with van der Waals surface area (Å²) in [5.41, 5.74) is 2.53. The van der Waals surface area contributed by atoms with Crippen LogP contribution >= 0.6 is 0 Å². The molecule has 0 atom stereocenters. The van der Waals surface area contributed by atoms with Crippen LogP contribution in [-0.4, -0.2) is 59.8 Å². The number of hydrogen-bond donors (Lipinski definition) is 2. The number of carbonyl (C=O) groups is 2. The van der Waals surface area contributed by atoms with Crippen molar-refractivity contribution in [1.29, 1.82) is 0 Å². The summed E-state index contributed by atoms with van der Waals surface area (Å²) in [6.45, 7) is 1.93. The summed E-state index contributed by atoms with van der Waals surface area (Å²) >= 11 is 0. The molecule has 1 aliphatic heterocycles. The Kier molecular flexibility index (Phi) is 5.90. The van der Waals surface area contributed by atoms with Gasteiger partial charge in [0.25, 0.3) is 5.91 Å². The summed E-state index contributed by atoms with van der Waals surface area (Å²) in [5.74, 6) is -3.10. The van der Waals surface area contributed by atoms with Gasteiger partial charge in [-0.05, 0) is 12.0 Å². The van der Waals surface area contributed by atoms with E-state index >= 15 is 0 Å². The van der Waals surface area contributed by atoms with Gasteiger partial charge in [-0.2, -0.15) is 13.2 Å². The van der Waals surface area contributed by atoms with E-state index in [1.165, 1.54) is 11.8 Å². The van der Waals surface area contributed by atoms with Gasteiger partial charge in [0.2, 0.25) is 5.88 Å². The van der Waals surface area contributed by atoms with E-state index in [2.05, 4.69) is 4.98 Å². The van der Waals surface area contributed by atoms with Crippen molar-refractivity contribution in [1.82, 2.24) is 9.88 Å². The lowest BCUT2D eigenvalue weighted by Gasteiger charge is -2.27. The molecule has 0 aromatic carbocycles. The Bertz CT molecular complexity index is 703. The second-order valence-corrected chi connectivity index (χ2v) is 5.47. The van der Waals surface area contributed by atoms with E-state index in [0.717, 1.165) is 0 Å². The van der Waals surface area contributed by atoms with Crippen LogP contribution in [0.2, 0.25) is 0 Å². The molecule has 1 aromatic rings. The maximum Gasteiger partial charge on any atom is 0.421 e. The van der Waals surface area contributed by atoms with Gasteiger partial charge in [-0.1, -0.05) is 6.92 Å². The Morgan fingerprint density at radius 3 is 2.46 bits per heavy atom. The Morgan fingerprint density at radius 1 is 1.35 bits per heavy atom. The minimum Gasteiger partial charge on any atom is -0.476 e. The Morgan fingerprint density at radius 2 is 1.96 bits per heavy atom. The second-order valence-electron chi connectivity index (χ2n) is 5.47. The van der Waals surface area contributed by atoms with Crippen molar-refractivity contribution >= 4 is 17.6 Å². The molecular weight excluding hydrogens is 359 g/mol. The van der Waals surface area contributed by atoms with E-state index in [1.807, 2.05) is 0 Å². The number of halogens is 3. The molecule has 0 bridgehead atoms. The third kappa shape index (κ3) is 4.15. The highest BCUT2D eigenvalue weighted by atomic mass is 19.4. The van der Waals surface area contributed by atoms with Gasteiger partial charge in [0.05, 0.1) is 18.9 Å². The molecular formula is C15H18F3N3O5. The number of alkyl halides is 3. The zero-order valence-electron chi connectivity index (χ0n) is 13.9. The first-order valence-corrected chi connectivity index (χ1v) is 7.78. The summed E-state index contributed by atoms with van der Waals surface area (Å²) in [6, 6.07) is 0. The van der Waals surface area contributed by atoms with Gasteiger partial charge in [-0.3, -0.25) is 4.79 Å². The lowest BCUT2D eigenvalue weighted by atomic mass is 10.0. The minimum absolute atomic E-state index is 0.183. The average molecular weight is 377 g/mol. The van der Waals surface area contributed by atoms with Crippen LogP contribution in [0.4, 0.5) is 18.9 Å². The van der Waals surface area contributed by atoms with E-state index < -0.39 is 53.0 Å². The van der Waals surface area contributed by atoms with Crippen LogP contribution in [0.15, 0.2) is 0 Å². The van der Waals surface area contributed by atoms with Crippen LogP contribution in [-0.2, 0) is 22.1 Å². The topological polar surface area (TPSA) is 115 Å². The molecule has 1 fully saturated rings. The summed E-state index contributed by atoms with van der Waals surface area (Å²) in [5, 5.41) is 9.12. The Labute approximate surface area is 146 Å². The molecule has 1 amide bonds. The number of morpholine rings is 1. The number of aromatic nitrogens is 1. The smallest absolute Gasteiger partial charge is 0.421 e. The number of pyridine rings is 1. The second kappa shape index (κ2) is 7.77. The normalized spacial score (nSPS) is 15.0. The highest BCUT2D eigenvalue weighted by Gasteiger charge is 2.40. The highest BCUT2D eigenvalue weighted by Crippen LogP contribution is 2.41. The van der Waals surface area contributed by atoms with Crippen LogP contribution < -0.4 is 10.5 Å². The molecule has 0 unspecified atom stereocenters. The van der Waals surface area contributed by atoms with Crippen molar-refractivity contribution in [2.45, 2.75) is 19.5 Å². The van der Waals surface area contributed by atoms with E-state index in [-0.39, 0.29) is 6.42 Å². The van der Waals surface area contributed by atoms with Crippen LogP contribution in [0.5, 0.6) is 5.88 Å². The molecule has 1 aliphatic rings. The fraction of sp³-hybridized carbons (Fsp3) is 0.533. The Balaban J connectivity index is 2.37. The molecule has 2 rings (SSSR count). The molecule has 0 saturated carbocycles. The number of anilines is 1. The number of carboxylic acids is 1. The number of carboxylic acid groups (broad SMARTS) is 1. The van der Waals surface area contributed by atoms with Crippen LogP contribution in [0.1, 0.15) is 28.5 Å². The minimum atomic E-state index is -4.87. The predicted octanol–water partition coefficient (Wildman–Crippen LogP) is 1.18. The number of nitrogen functional groups attached to an aromatic ring is 1. The molecule has 2 heterocycles. The maximum absolute atomic E-state index is 13.5. The number of amides is 1. The zero-order chi connectivity index (χ0) is 19.5. The largest absolute Gasteiger partial charge is 0.476 e. The van der Waals surface area contributed by atoms with Gasteiger partial charge in [-0.25, -0.2) is 9.78 Å². The van der Waals surface area contributed by atoms with Crippen LogP contribution in [0.3, 0.4) is 0 Å². The monoisotopic (exact) mass is 377 g/mol. The first-order valence-electron chi connectivity index (χ1n) is 7.78. The van der Waals surface area contributed by atoms with Gasteiger partial charge in [0.1, 0.15) is 5.56 Å². The summed E-state index contributed by atoms with van der Waals surface area (Å²) < 4.78 is 50.4. The lowest BCUT2D eigenvalue weighted by Crippen LogP contribution is -2.43. The van der Waals surface area contributed by atoms with E-state index in [9.17, 15) is 22.8 Å². The van der Waals surface area contributed by atoms with Crippen molar-refractivity contribution in [3.8, 4) is 5.88 Å². The van der Waals surface area contributed by atoms with Crippen molar-refractivity contribution in [2.24, 2.45) is 0 Å². The van der Waals surface area contributed by atoms with Crippen LogP contribution in [0.25, 0.3) is 0 Å². The number of ether oxygens (including phenoxy) is 2. The van der Waals surface area contributed by atoms with Crippen molar-refractivity contribution in [2.75, 3.05) is 38.6 Å². The summed E-state index contributed by atoms with van der Waals surface area (Å²) in [6.07, 6.45) is -5.06. The first kappa shape index (κ1) is 19.8. The molecule has 0 radical (unpaired) electrons. The summed E-state index contributed by atoms with van der Waals surface area (Å²) in [7, 11) is 0. The van der Waals surface area contributed by atoms with Gasteiger partial charge in [0.15, 0.2) is 12.3 Å². The molecule has 1 aromatic heterocycles. The molecule has 26 heavy (non-hydrogen) atoms. The number of aromatic carboxylic acids is 1. The standard InChI is InChI=1S/C15H18F3N3O5/c1-2-8-10(15(16,17)18)13(20-12(11(8)19)14(23)24)26-7-9(22)21-3-5-25-6-4-21/h2-7,19H2,1H3,(H,23,24). The predicted molar refractivity (Wildman–Crippen MR) is 82.9 cm³/mol. The maximum atomic E-state index is 13.5. The van der Waals surface area contributed by atoms with E-state index in [0.29, 0.717) is 26.3 Å². The molecule has 144 valence electrons. The number of nitrogens with zero attached hydrogens (tertiary/aromatic N) is 2. The fourth-order valence-electron chi connectivity index (χ4n) is 2.59. The van der Waals surface area contributed by atoms with Crippen molar-refractivity contribution < 1.29 is 37.3 Å². The first-order chi connectivity index (χ1) is 12.2. The molecule has 0 spiro atoms. The third-order valence-corrected chi connectivity index (χ3v) is 3.84. The molecule has 11 heteroatoms. The zero-order valence-corrected chi connectivity index (χ0v) is 13.9. The molecule has 3 N–H and O–H groups in total. The van der Waals surface area contributed by atoms with Gasteiger partial charge < -0.3 is 25.2 Å². The molecule has 0 aliphatic carbocycles. The van der Waals surface area contributed by atoms with Crippen molar-refractivity contribution in [3.63, 3.8) is 0 Å². The third-order valence-electron chi connectivity index (χ3n) is 3.84. The molecule has 8 nitrogen and oxygen atoms in total. The summed E-state index contributed by atoms with van der Waals surface area (Å²) in [4.78, 5) is 28.1. The van der Waals surface area contributed by atoms with Gasteiger partial charge in [0, 0.05) is 13.1 Å². The SMILES string of the molecule is CCc1c(N)c(C(=O)O)nc(OCC(=O)N2CCOCC2)c1C(F)(F)F. The fourth-order valence-corrected chi connectivity index (χ4v) is 2.59. The number of hydrogen-bond acceptors (Lipinski definition) is 6. The average Bonchev–Trinajstić information content (AvgIpc) is 2.59. The van der Waals surface area contributed by atoms with Gasteiger partial charge >= 0.3 is 12.1 Å². The lowest BCUT2D eigenvalue weighted by molar-refractivity contribution is -0.143. The number of nitrogens with two attached hydrogens (primary N) is 1. The van der Waals surface area contributed by atoms with Crippen molar-refractivity contribution in [3.05, 3.63) is 16.8 Å². The van der Waals surface area contributed by atoms with Gasteiger partial charge in [-0.15, -0.1) is 0 Å². The van der Waals surface area contributed by atoms with E-state index in [1.54, 1.807) is 0 Å². The highest BCUT2D eigenvalue weighted by molar-refractivity contribution is 5.93. The quantitative estimate of drug-likeness (QED) is 0.792. The van der Waals surface area contributed by atoms with E-state index in [4.69, 9.17) is 20.3 Å². The molecule has 1 saturated heterocycles. The number of carbonyl (C=O) groups excluding carboxylic acids is 1.